The molecule has 0 unspecified atom stereocenters. The number of anilines is 3. The predicted octanol–water partition coefficient (Wildman–Crippen LogP) is 2.98. The summed E-state index contributed by atoms with van der Waals surface area (Å²) in [4.78, 5) is 23.0. The lowest BCUT2D eigenvalue weighted by atomic mass is 9.93. The van der Waals surface area contributed by atoms with Gasteiger partial charge in [0.05, 0.1) is 18.7 Å². The van der Waals surface area contributed by atoms with Gasteiger partial charge in [0, 0.05) is 62.8 Å². The van der Waals surface area contributed by atoms with Crippen LogP contribution in [-0.2, 0) is 4.74 Å². The molecule has 2 saturated heterocycles. The van der Waals surface area contributed by atoms with Gasteiger partial charge in [-0.05, 0) is 43.4 Å². The fraction of sp³-hybridized carbons (Fsp3) is 0.478. The minimum absolute atomic E-state index is 0.708. The Labute approximate surface area is 182 Å². The predicted molar refractivity (Wildman–Crippen MR) is 123 cm³/mol. The number of ether oxygens (including phenoxy) is 1. The van der Waals surface area contributed by atoms with E-state index in [-0.39, 0.29) is 0 Å². The third-order valence-electron chi connectivity index (χ3n) is 6.22. The number of piperidine rings is 1. The van der Waals surface area contributed by atoms with E-state index in [0.717, 1.165) is 74.9 Å². The van der Waals surface area contributed by atoms with E-state index in [1.165, 1.54) is 12.8 Å². The Morgan fingerprint density at radius 3 is 2.52 bits per heavy atom. The number of pyridine rings is 2. The zero-order chi connectivity index (χ0) is 20.9. The SMILES string of the molecule is c1cnc(NCCC2CCN(c3nc(N4CCOCC4)cc4ncccc34)CC2)nc1. The second kappa shape index (κ2) is 9.43. The smallest absolute Gasteiger partial charge is 0.222 e. The molecular weight excluding hydrogens is 390 g/mol. The molecule has 2 aliphatic heterocycles. The maximum Gasteiger partial charge on any atom is 0.222 e. The molecule has 8 nitrogen and oxygen atoms in total. The molecule has 0 saturated carbocycles. The number of aromatic nitrogens is 4. The van der Waals surface area contributed by atoms with Crippen molar-refractivity contribution in [2.45, 2.75) is 19.3 Å². The summed E-state index contributed by atoms with van der Waals surface area (Å²) >= 11 is 0. The van der Waals surface area contributed by atoms with E-state index in [0.29, 0.717) is 11.9 Å². The van der Waals surface area contributed by atoms with Crippen molar-refractivity contribution in [2.75, 3.05) is 61.1 Å². The molecule has 3 aromatic heterocycles. The standard InChI is InChI=1S/C23H29N7O/c1-3-19-20(24-7-1)17-21(29-13-15-31-16-14-29)28-22(19)30-11-5-18(6-12-30)4-10-27-23-25-8-2-9-26-23/h1-3,7-9,17-18H,4-6,10-16H2,(H,25,26,27). The number of nitrogens with zero attached hydrogens (tertiary/aromatic N) is 6. The highest BCUT2D eigenvalue weighted by Crippen LogP contribution is 2.31. The van der Waals surface area contributed by atoms with Gasteiger partial charge < -0.3 is 19.9 Å². The fourth-order valence-corrected chi connectivity index (χ4v) is 4.45. The van der Waals surface area contributed by atoms with Crippen molar-refractivity contribution in [1.29, 1.82) is 0 Å². The summed E-state index contributed by atoms with van der Waals surface area (Å²) in [5.41, 5.74) is 1.02. The van der Waals surface area contributed by atoms with Crippen LogP contribution < -0.4 is 15.1 Å². The van der Waals surface area contributed by atoms with E-state index in [4.69, 9.17) is 9.72 Å². The number of hydrogen-bond acceptors (Lipinski definition) is 8. The van der Waals surface area contributed by atoms with Crippen LogP contribution in [0.5, 0.6) is 0 Å². The molecule has 0 bridgehead atoms. The monoisotopic (exact) mass is 419 g/mol. The number of hydrogen-bond donors (Lipinski definition) is 1. The quantitative estimate of drug-likeness (QED) is 0.653. The zero-order valence-corrected chi connectivity index (χ0v) is 17.8. The van der Waals surface area contributed by atoms with Crippen LogP contribution in [0.4, 0.5) is 17.6 Å². The molecule has 0 aliphatic carbocycles. The Morgan fingerprint density at radius 1 is 0.935 bits per heavy atom. The van der Waals surface area contributed by atoms with Gasteiger partial charge in [0.25, 0.3) is 0 Å². The summed E-state index contributed by atoms with van der Waals surface area (Å²) < 4.78 is 5.52. The summed E-state index contributed by atoms with van der Waals surface area (Å²) in [6.07, 6.45) is 8.88. The van der Waals surface area contributed by atoms with Crippen molar-refractivity contribution in [3.8, 4) is 0 Å². The number of morpholine rings is 1. The number of fused-ring (bicyclic) bond motifs is 1. The Kier molecular flexibility index (Phi) is 6.06. The van der Waals surface area contributed by atoms with Gasteiger partial charge in [-0.2, -0.15) is 0 Å². The van der Waals surface area contributed by atoms with Crippen LogP contribution >= 0.6 is 0 Å². The summed E-state index contributed by atoms with van der Waals surface area (Å²) in [7, 11) is 0. The van der Waals surface area contributed by atoms with Gasteiger partial charge in [-0.1, -0.05) is 0 Å². The summed E-state index contributed by atoms with van der Waals surface area (Å²) in [6, 6.07) is 8.10. The van der Waals surface area contributed by atoms with Gasteiger partial charge in [0.2, 0.25) is 5.95 Å². The average Bonchev–Trinajstić information content (AvgIpc) is 2.85. The maximum absolute atomic E-state index is 5.52. The van der Waals surface area contributed by atoms with E-state index < -0.39 is 0 Å². The highest BCUT2D eigenvalue weighted by molar-refractivity contribution is 5.91. The van der Waals surface area contributed by atoms with Crippen LogP contribution in [-0.4, -0.2) is 65.9 Å². The first-order valence-corrected chi connectivity index (χ1v) is 11.2. The zero-order valence-electron chi connectivity index (χ0n) is 17.8. The van der Waals surface area contributed by atoms with Crippen molar-refractivity contribution in [3.63, 3.8) is 0 Å². The van der Waals surface area contributed by atoms with Crippen LogP contribution in [0.25, 0.3) is 10.9 Å². The first kappa shape index (κ1) is 19.9. The van der Waals surface area contributed by atoms with Gasteiger partial charge in [0.1, 0.15) is 11.6 Å². The fourth-order valence-electron chi connectivity index (χ4n) is 4.45. The lowest BCUT2D eigenvalue weighted by Gasteiger charge is -2.35. The van der Waals surface area contributed by atoms with Gasteiger partial charge in [0.15, 0.2) is 0 Å². The van der Waals surface area contributed by atoms with Crippen LogP contribution in [0.1, 0.15) is 19.3 Å². The minimum Gasteiger partial charge on any atom is -0.378 e. The molecule has 3 aromatic rings. The molecular formula is C23H29N7O. The Bertz CT molecular complexity index is 986. The molecule has 0 spiro atoms. The second-order valence-corrected chi connectivity index (χ2v) is 8.19. The molecule has 0 radical (unpaired) electrons. The van der Waals surface area contributed by atoms with Crippen molar-refractivity contribution < 1.29 is 4.74 Å². The molecule has 0 amide bonds. The molecule has 5 heterocycles. The normalized spacial score (nSPS) is 17.8. The molecule has 2 fully saturated rings. The number of nitrogens with one attached hydrogen (secondary N) is 1. The van der Waals surface area contributed by atoms with Crippen molar-refractivity contribution in [2.24, 2.45) is 5.92 Å². The van der Waals surface area contributed by atoms with Gasteiger partial charge in [-0.3, -0.25) is 4.98 Å². The molecule has 1 N–H and O–H groups in total. The largest absolute Gasteiger partial charge is 0.378 e. The van der Waals surface area contributed by atoms with Crippen LogP contribution in [0.15, 0.2) is 42.9 Å². The topological polar surface area (TPSA) is 79.3 Å². The van der Waals surface area contributed by atoms with Gasteiger partial charge >= 0.3 is 0 Å². The summed E-state index contributed by atoms with van der Waals surface area (Å²) in [5, 5.41) is 4.47. The van der Waals surface area contributed by atoms with E-state index in [9.17, 15) is 0 Å². The van der Waals surface area contributed by atoms with E-state index in [1.54, 1.807) is 12.4 Å². The Morgan fingerprint density at radius 2 is 1.71 bits per heavy atom. The third-order valence-corrected chi connectivity index (χ3v) is 6.22. The molecule has 0 atom stereocenters. The van der Waals surface area contributed by atoms with E-state index >= 15 is 0 Å². The maximum atomic E-state index is 5.52. The van der Waals surface area contributed by atoms with Gasteiger partial charge in [-0.25, -0.2) is 15.0 Å². The van der Waals surface area contributed by atoms with Crippen LogP contribution in [0.2, 0.25) is 0 Å². The Hall–Kier alpha value is -3.00. The average molecular weight is 420 g/mol. The molecule has 2 aliphatic rings. The lowest BCUT2D eigenvalue weighted by molar-refractivity contribution is 0.122. The molecule has 162 valence electrons. The first-order chi connectivity index (χ1) is 15.4. The minimum atomic E-state index is 0.708. The second-order valence-electron chi connectivity index (χ2n) is 8.19. The summed E-state index contributed by atoms with van der Waals surface area (Å²) in [6.45, 7) is 6.23. The van der Waals surface area contributed by atoms with Crippen molar-refractivity contribution in [3.05, 3.63) is 42.9 Å². The van der Waals surface area contributed by atoms with E-state index in [1.807, 2.05) is 18.3 Å². The molecule has 0 aromatic carbocycles. The molecule has 31 heavy (non-hydrogen) atoms. The van der Waals surface area contributed by atoms with Gasteiger partial charge in [-0.15, -0.1) is 0 Å². The summed E-state index contributed by atoms with van der Waals surface area (Å²) in [5.74, 6) is 3.50. The lowest BCUT2D eigenvalue weighted by Crippen LogP contribution is -2.38. The highest BCUT2D eigenvalue weighted by atomic mass is 16.5. The third kappa shape index (κ3) is 4.69. The number of rotatable bonds is 6. The Balaban J connectivity index is 1.25. The van der Waals surface area contributed by atoms with Crippen LogP contribution in [0.3, 0.4) is 0 Å². The first-order valence-electron chi connectivity index (χ1n) is 11.2. The van der Waals surface area contributed by atoms with E-state index in [2.05, 4.69) is 42.2 Å². The molecule has 8 heteroatoms. The van der Waals surface area contributed by atoms with Crippen molar-refractivity contribution in [1.82, 2.24) is 19.9 Å². The highest BCUT2D eigenvalue weighted by Gasteiger charge is 2.23. The van der Waals surface area contributed by atoms with Crippen molar-refractivity contribution >= 4 is 28.5 Å². The van der Waals surface area contributed by atoms with Crippen LogP contribution in [0, 0.1) is 5.92 Å². The molecule has 5 rings (SSSR count).